The summed E-state index contributed by atoms with van der Waals surface area (Å²) in [5.41, 5.74) is 0.687. The van der Waals surface area contributed by atoms with Gasteiger partial charge in [-0.3, -0.25) is 4.79 Å². The van der Waals surface area contributed by atoms with Gasteiger partial charge in [-0.1, -0.05) is 18.1 Å². The van der Waals surface area contributed by atoms with Gasteiger partial charge in [0.15, 0.2) is 0 Å². The standard InChI is InChI=1S/C10H7IO/c1-2-5-10(12)8-6-3-4-7-9(8)11/h3-4,6-7H,1H3. The van der Waals surface area contributed by atoms with Crippen molar-refractivity contribution < 1.29 is 4.79 Å². The van der Waals surface area contributed by atoms with Gasteiger partial charge in [0, 0.05) is 9.13 Å². The molecule has 0 saturated carbocycles. The number of halogens is 1. The Labute approximate surface area is 85.3 Å². The Bertz CT molecular complexity index is 358. The first kappa shape index (κ1) is 9.27. The van der Waals surface area contributed by atoms with E-state index in [-0.39, 0.29) is 5.78 Å². The maximum absolute atomic E-state index is 11.3. The van der Waals surface area contributed by atoms with E-state index in [1.165, 1.54) is 0 Å². The monoisotopic (exact) mass is 270 g/mol. The molecule has 0 aromatic heterocycles. The van der Waals surface area contributed by atoms with Crippen molar-refractivity contribution in [2.24, 2.45) is 0 Å². The summed E-state index contributed by atoms with van der Waals surface area (Å²) in [4.78, 5) is 11.3. The molecule has 0 atom stereocenters. The van der Waals surface area contributed by atoms with E-state index >= 15 is 0 Å². The van der Waals surface area contributed by atoms with Gasteiger partial charge in [0.2, 0.25) is 5.78 Å². The van der Waals surface area contributed by atoms with E-state index < -0.39 is 0 Å². The van der Waals surface area contributed by atoms with Gasteiger partial charge in [-0.05, 0) is 47.6 Å². The Kier molecular flexibility index (Phi) is 3.30. The van der Waals surface area contributed by atoms with Gasteiger partial charge in [-0.25, -0.2) is 0 Å². The Balaban J connectivity index is 3.08. The zero-order valence-electron chi connectivity index (χ0n) is 6.60. The zero-order chi connectivity index (χ0) is 8.97. The van der Waals surface area contributed by atoms with Crippen molar-refractivity contribution in [3.05, 3.63) is 33.4 Å². The third-order valence-electron chi connectivity index (χ3n) is 1.36. The highest BCUT2D eigenvalue weighted by atomic mass is 127. The Morgan fingerprint density at radius 1 is 1.42 bits per heavy atom. The van der Waals surface area contributed by atoms with Gasteiger partial charge in [0.25, 0.3) is 0 Å². The van der Waals surface area contributed by atoms with Crippen LogP contribution < -0.4 is 0 Å². The van der Waals surface area contributed by atoms with Gasteiger partial charge in [-0.2, -0.15) is 0 Å². The normalized spacial score (nSPS) is 8.50. The maximum atomic E-state index is 11.3. The fourth-order valence-corrected chi connectivity index (χ4v) is 1.46. The Morgan fingerprint density at radius 3 is 2.67 bits per heavy atom. The number of hydrogen-bond acceptors (Lipinski definition) is 1. The first-order chi connectivity index (χ1) is 5.75. The molecule has 0 fully saturated rings. The van der Waals surface area contributed by atoms with Crippen molar-refractivity contribution in [1.82, 2.24) is 0 Å². The molecule has 1 rings (SSSR count). The third-order valence-corrected chi connectivity index (χ3v) is 2.30. The van der Waals surface area contributed by atoms with Crippen LogP contribution in [0.25, 0.3) is 0 Å². The van der Waals surface area contributed by atoms with Crippen LogP contribution in [0.1, 0.15) is 17.3 Å². The van der Waals surface area contributed by atoms with Crippen molar-refractivity contribution in [3.63, 3.8) is 0 Å². The molecule has 0 heterocycles. The van der Waals surface area contributed by atoms with Crippen molar-refractivity contribution >= 4 is 28.4 Å². The lowest BCUT2D eigenvalue weighted by Crippen LogP contribution is -1.97. The zero-order valence-corrected chi connectivity index (χ0v) is 8.75. The molecule has 0 radical (unpaired) electrons. The third kappa shape index (κ3) is 2.08. The number of hydrogen-bond donors (Lipinski definition) is 0. The van der Waals surface area contributed by atoms with E-state index in [1.54, 1.807) is 13.0 Å². The maximum Gasteiger partial charge on any atom is 0.236 e. The van der Waals surface area contributed by atoms with Crippen LogP contribution in [-0.4, -0.2) is 5.78 Å². The number of Topliss-reactive ketones (excluding diaryl/α,β-unsaturated/α-hetero) is 1. The smallest absolute Gasteiger partial charge is 0.236 e. The van der Waals surface area contributed by atoms with E-state index in [4.69, 9.17) is 0 Å². The van der Waals surface area contributed by atoms with Crippen LogP contribution in [0.3, 0.4) is 0 Å². The number of carbonyl (C=O) groups is 1. The summed E-state index contributed by atoms with van der Waals surface area (Å²) in [6, 6.07) is 7.42. The quantitative estimate of drug-likeness (QED) is 0.331. The Hall–Kier alpha value is -0.820. The molecular weight excluding hydrogens is 263 g/mol. The molecule has 2 heteroatoms. The largest absolute Gasteiger partial charge is 0.279 e. The van der Waals surface area contributed by atoms with E-state index in [0.29, 0.717) is 5.56 Å². The molecule has 1 aromatic carbocycles. The predicted octanol–water partition coefficient (Wildman–Crippen LogP) is 2.50. The van der Waals surface area contributed by atoms with E-state index in [2.05, 4.69) is 34.4 Å². The highest BCUT2D eigenvalue weighted by Gasteiger charge is 2.04. The summed E-state index contributed by atoms with van der Waals surface area (Å²) in [6.07, 6.45) is 0. The average molecular weight is 270 g/mol. The minimum absolute atomic E-state index is 0.109. The molecule has 0 amide bonds. The number of carbonyl (C=O) groups excluding carboxylic acids is 1. The molecule has 0 aliphatic rings. The lowest BCUT2D eigenvalue weighted by atomic mass is 10.1. The van der Waals surface area contributed by atoms with Crippen LogP contribution in [0.5, 0.6) is 0 Å². The van der Waals surface area contributed by atoms with Gasteiger partial charge >= 0.3 is 0 Å². The summed E-state index contributed by atoms with van der Waals surface area (Å²) < 4.78 is 0.947. The fraction of sp³-hybridized carbons (Fsp3) is 0.100. The predicted molar refractivity (Wildman–Crippen MR) is 56.9 cm³/mol. The summed E-state index contributed by atoms with van der Waals surface area (Å²) in [7, 11) is 0. The average Bonchev–Trinajstić information content (AvgIpc) is 2.05. The molecule has 0 aliphatic heterocycles. The molecule has 0 bridgehead atoms. The van der Waals surface area contributed by atoms with E-state index in [1.807, 2.05) is 18.2 Å². The van der Waals surface area contributed by atoms with Gasteiger partial charge < -0.3 is 0 Å². The molecule has 0 aliphatic carbocycles. The first-order valence-electron chi connectivity index (χ1n) is 3.47. The van der Waals surface area contributed by atoms with Gasteiger partial charge in [0.05, 0.1) is 0 Å². The fourth-order valence-electron chi connectivity index (χ4n) is 0.826. The van der Waals surface area contributed by atoms with Crippen molar-refractivity contribution in [2.45, 2.75) is 6.92 Å². The molecule has 0 N–H and O–H groups in total. The lowest BCUT2D eigenvalue weighted by molar-refractivity contribution is 0.105. The molecule has 60 valence electrons. The minimum Gasteiger partial charge on any atom is -0.279 e. The first-order valence-corrected chi connectivity index (χ1v) is 4.55. The molecule has 1 nitrogen and oxygen atoms in total. The van der Waals surface area contributed by atoms with Crippen LogP contribution in [0, 0.1) is 15.4 Å². The molecule has 0 unspecified atom stereocenters. The number of rotatable bonds is 1. The minimum atomic E-state index is -0.109. The van der Waals surface area contributed by atoms with E-state index in [0.717, 1.165) is 3.57 Å². The van der Waals surface area contributed by atoms with Crippen LogP contribution in [0.2, 0.25) is 0 Å². The number of benzene rings is 1. The molecule has 12 heavy (non-hydrogen) atoms. The number of ketones is 1. The van der Waals surface area contributed by atoms with Crippen LogP contribution >= 0.6 is 22.6 Å². The second-order valence-electron chi connectivity index (χ2n) is 2.18. The SMILES string of the molecule is CC#CC(=O)c1ccccc1I. The molecule has 0 spiro atoms. The van der Waals surface area contributed by atoms with Crippen LogP contribution in [0.4, 0.5) is 0 Å². The topological polar surface area (TPSA) is 17.1 Å². The lowest BCUT2D eigenvalue weighted by Gasteiger charge is -1.95. The van der Waals surface area contributed by atoms with Gasteiger partial charge in [-0.15, -0.1) is 0 Å². The highest BCUT2D eigenvalue weighted by molar-refractivity contribution is 14.1. The summed E-state index contributed by atoms with van der Waals surface area (Å²) >= 11 is 2.13. The van der Waals surface area contributed by atoms with Crippen molar-refractivity contribution in [3.8, 4) is 11.8 Å². The summed E-state index contributed by atoms with van der Waals surface area (Å²) in [5, 5.41) is 0. The van der Waals surface area contributed by atoms with Crippen molar-refractivity contribution in [1.29, 1.82) is 0 Å². The van der Waals surface area contributed by atoms with E-state index in [9.17, 15) is 4.79 Å². The van der Waals surface area contributed by atoms with Crippen LogP contribution in [-0.2, 0) is 0 Å². The molecular formula is C10H7IO. The van der Waals surface area contributed by atoms with Gasteiger partial charge in [0.1, 0.15) is 0 Å². The highest BCUT2D eigenvalue weighted by Crippen LogP contribution is 2.11. The molecule has 0 saturated heterocycles. The van der Waals surface area contributed by atoms with Crippen LogP contribution in [0.15, 0.2) is 24.3 Å². The Morgan fingerprint density at radius 2 is 2.08 bits per heavy atom. The second-order valence-corrected chi connectivity index (χ2v) is 3.35. The van der Waals surface area contributed by atoms with Crippen molar-refractivity contribution in [2.75, 3.05) is 0 Å². The summed E-state index contributed by atoms with van der Waals surface area (Å²) in [6.45, 7) is 1.66. The molecule has 1 aromatic rings. The summed E-state index contributed by atoms with van der Waals surface area (Å²) in [5.74, 6) is 4.99. The second kappa shape index (κ2) is 4.27.